The molecule has 0 bridgehead atoms. The number of rotatable bonds is 8. The molecule has 0 unspecified atom stereocenters. The third-order valence-electron chi connectivity index (χ3n) is 4.80. The van der Waals surface area contributed by atoms with E-state index < -0.39 is 21.2 Å². The minimum atomic E-state index is -3.59. The molecule has 9 heteroatoms. The average Bonchev–Trinajstić information content (AvgIpc) is 3.15. The van der Waals surface area contributed by atoms with Crippen LogP contribution in [0.3, 0.4) is 0 Å². The fourth-order valence-corrected chi connectivity index (χ4v) is 3.75. The molecule has 1 aliphatic rings. The summed E-state index contributed by atoms with van der Waals surface area (Å²) in [6, 6.07) is 12.6. The van der Waals surface area contributed by atoms with E-state index in [1.165, 1.54) is 0 Å². The Morgan fingerprint density at radius 1 is 1.09 bits per heavy atom. The van der Waals surface area contributed by atoms with E-state index in [9.17, 15) is 13.2 Å². The van der Waals surface area contributed by atoms with Crippen molar-refractivity contribution in [1.82, 2.24) is 0 Å². The molecule has 1 aliphatic heterocycles. The van der Waals surface area contributed by atoms with Crippen molar-refractivity contribution in [2.45, 2.75) is 6.92 Å². The normalized spacial score (nSPS) is 15.3. The Labute approximate surface area is 198 Å². The number of carbonyl (C=O) groups excluding carboxylic acids is 1. The molecule has 2 aromatic rings. The molecule has 33 heavy (non-hydrogen) atoms. The maximum absolute atomic E-state index is 12.1. The zero-order chi connectivity index (χ0) is 24.0. The maximum Gasteiger partial charge on any atom is 0.368 e. The molecule has 0 spiro atoms. The van der Waals surface area contributed by atoms with E-state index in [0.717, 1.165) is 16.8 Å². The lowest BCUT2D eigenvalue weighted by Crippen LogP contribution is -2.13. The van der Waals surface area contributed by atoms with Crippen LogP contribution in [0.5, 0.6) is 0 Å². The summed E-state index contributed by atoms with van der Waals surface area (Å²) in [7, 11) is 0.414. The number of allylic oxidation sites excluding steroid dienone is 4. The first-order valence-corrected chi connectivity index (χ1v) is 12.2. The molecule has 2 aromatic carbocycles. The summed E-state index contributed by atoms with van der Waals surface area (Å²) in [5.74, 6) is -0.555. The van der Waals surface area contributed by atoms with E-state index in [-0.39, 0.29) is 0 Å². The number of benzene rings is 2. The van der Waals surface area contributed by atoms with E-state index in [1.54, 1.807) is 36.4 Å². The lowest BCUT2D eigenvalue weighted by Gasteiger charge is -2.13. The van der Waals surface area contributed by atoms with Crippen LogP contribution in [-0.2, 0) is 19.7 Å². The van der Waals surface area contributed by atoms with Gasteiger partial charge in [-0.1, -0.05) is 47.7 Å². The van der Waals surface area contributed by atoms with Crippen molar-refractivity contribution >= 4 is 50.8 Å². The molecule has 0 aromatic heterocycles. The number of nitrogens with one attached hydrogen (secondary N) is 1. The Balaban J connectivity index is 1.71. The summed E-state index contributed by atoms with van der Waals surface area (Å²) in [6.45, 7) is 2.06. The van der Waals surface area contributed by atoms with E-state index in [0.29, 0.717) is 22.5 Å². The first kappa shape index (κ1) is 24.3. The number of hydrogen-bond donors (Lipinski definition) is 1. The molecule has 0 fully saturated rings. The number of hydrogen-bond acceptors (Lipinski definition) is 6. The molecule has 0 saturated carbocycles. The number of sulfonamides is 1. The van der Waals surface area contributed by atoms with Crippen LogP contribution in [0.15, 0.2) is 77.5 Å². The smallest absolute Gasteiger partial charge is 0.368 e. The Morgan fingerprint density at radius 2 is 1.82 bits per heavy atom. The highest BCUT2D eigenvalue weighted by molar-refractivity contribution is 7.93. The fourth-order valence-electron chi connectivity index (χ4n) is 3.04. The predicted octanol–water partition coefficient (Wildman–Crippen LogP) is 4.46. The number of carbonyl (C=O) groups is 1. The Morgan fingerprint density at radius 3 is 2.45 bits per heavy atom. The number of anilines is 2. The third kappa shape index (κ3) is 6.34. The third-order valence-corrected chi connectivity index (χ3v) is 6.50. The highest BCUT2D eigenvalue weighted by Crippen LogP contribution is 2.21. The van der Waals surface area contributed by atoms with Crippen LogP contribution in [0.4, 0.5) is 11.4 Å². The van der Waals surface area contributed by atoms with Gasteiger partial charge in [0.1, 0.15) is 10.9 Å². The van der Waals surface area contributed by atoms with Gasteiger partial charge in [-0.2, -0.15) is 0 Å². The quantitative estimate of drug-likeness (QED) is 0.258. The first-order valence-electron chi connectivity index (χ1n) is 10.00. The van der Waals surface area contributed by atoms with Gasteiger partial charge < -0.3 is 9.74 Å². The van der Waals surface area contributed by atoms with Crippen molar-refractivity contribution < 1.29 is 18.0 Å². The zero-order valence-corrected chi connectivity index (χ0v) is 20.0. The lowest BCUT2D eigenvalue weighted by molar-refractivity contribution is -0.136. The van der Waals surface area contributed by atoms with E-state index in [4.69, 9.17) is 16.4 Å². The number of nitrogens with zero attached hydrogens (tertiary/aromatic N) is 2. The van der Waals surface area contributed by atoms with Crippen molar-refractivity contribution in [3.05, 3.63) is 89.0 Å². The molecule has 0 saturated heterocycles. The summed E-state index contributed by atoms with van der Waals surface area (Å²) in [5, 5.41) is 3.31. The molecule has 0 amide bonds. The Hall–Kier alpha value is -3.36. The SMILES string of the molecule is Cc1cc(N(C)C)ccc1/C=C\C=C/C=C1C(=O)ON=C1c1ccc(NS(=O)(=O)CCl)cc1. The molecule has 0 atom stereocenters. The predicted molar refractivity (Wildman–Crippen MR) is 134 cm³/mol. The summed E-state index contributed by atoms with van der Waals surface area (Å²) >= 11 is 5.40. The second-order valence-electron chi connectivity index (χ2n) is 7.48. The average molecular weight is 486 g/mol. The highest BCUT2D eigenvalue weighted by Gasteiger charge is 2.26. The molecule has 0 aliphatic carbocycles. The summed E-state index contributed by atoms with van der Waals surface area (Å²) in [6.07, 6.45) is 9.07. The summed E-state index contributed by atoms with van der Waals surface area (Å²) < 4.78 is 25.5. The maximum atomic E-state index is 12.1. The van der Waals surface area contributed by atoms with E-state index >= 15 is 0 Å². The molecule has 1 N–H and O–H groups in total. The van der Waals surface area contributed by atoms with Crippen LogP contribution in [-0.4, -0.2) is 39.4 Å². The van der Waals surface area contributed by atoms with Crippen LogP contribution in [0.25, 0.3) is 6.08 Å². The molecular weight excluding hydrogens is 462 g/mol. The topological polar surface area (TPSA) is 88.1 Å². The number of aryl methyl sites for hydroxylation is 1. The second-order valence-corrected chi connectivity index (χ2v) is 9.79. The minimum absolute atomic E-state index is 0.306. The van der Waals surface area contributed by atoms with Gasteiger partial charge in [0.25, 0.3) is 0 Å². The van der Waals surface area contributed by atoms with Crippen molar-refractivity contribution in [2.24, 2.45) is 5.16 Å². The molecule has 3 rings (SSSR count). The molecular formula is C24H24ClN3O4S. The fraction of sp³-hybridized carbons (Fsp3) is 0.167. The van der Waals surface area contributed by atoms with Crippen molar-refractivity contribution in [2.75, 3.05) is 28.9 Å². The van der Waals surface area contributed by atoms with Gasteiger partial charge in [-0.25, -0.2) is 13.2 Å². The van der Waals surface area contributed by atoms with Crippen LogP contribution >= 0.6 is 11.6 Å². The van der Waals surface area contributed by atoms with E-state index in [1.807, 2.05) is 32.3 Å². The van der Waals surface area contributed by atoms with Gasteiger partial charge in [0.05, 0.1) is 5.57 Å². The van der Waals surface area contributed by atoms with Gasteiger partial charge in [-0.3, -0.25) is 4.72 Å². The number of alkyl halides is 1. The van der Waals surface area contributed by atoms with Gasteiger partial charge in [-0.05, 0) is 48.4 Å². The Bertz CT molecular complexity index is 1260. The second kappa shape index (κ2) is 10.5. The van der Waals surface area contributed by atoms with Gasteiger partial charge >= 0.3 is 5.97 Å². The van der Waals surface area contributed by atoms with Gasteiger partial charge in [-0.15, -0.1) is 11.6 Å². The summed E-state index contributed by atoms with van der Waals surface area (Å²) in [5.41, 5.74) is 5.05. The van der Waals surface area contributed by atoms with Crippen LogP contribution < -0.4 is 9.62 Å². The molecule has 1 heterocycles. The number of oxime groups is 1. The molecule has 7 nitrogen and oxygen atoms in total. The Kier molecular flexibility index (Phi) is 7.73. The van der Waals surface area contributed by atoms with Crippen LogP contribution in [0.1, 0.15) is 16.7 Å². The lowest BCUT2D eigenvalue weighted by atomic mass is 10.0. The molecule has 172 valence electrons. The minimum Gasteiger partial charge on any atom is -0.378 e. The largest absolute Gasteiger partial charge is 0.378 e. The van der Waals surface area contributed by atoms with Gasteiger partial charge in [0, 0.05) is 31.0 Å². The standard InChI is InChI=1S/C24H24ClN3O4S/c1-17-15-21(28(2)3)14-11-18(17)7-5-4-6-8-22-23(26-32-24(22)29)19-9-12-20(13-10-19)27-33(30,31)16-25/h4-15,27H,16H2,1-3H3/b6-4-,7-5-,22-8?. The number of halogens is 1. The highest BCUT2D eigenvalue weighted by atomic mass is 35.5. The van der Waals surface area contributed by atoms with Gasteiger partial charge in [0.15, 0.2) is 0 Å². The van der Waals surface area contributed by atoms with Gasteiger partial charge in [0.2, 0.25) is 10.0 Å². The van der Waals surface area contributed by atoms with Crippen LogP contribution in [0, 0.1) is 6.92 Å². The monoisotopic (exact) mass is 485 g/mol. The van der Waals surface area contributed by atoms with Crippen molar-refractivity contribution in [3.63, 3.8) is 0 Å². The van der Waals surface area contributed by atoms with Crippen LogP contribution in [0.2, 0.25) is 0 Å². The zero-order valence-electron chi connectivity index (χ0n) is 18.4. The first-order chi connectivity index (χ1) is 15.7. The van der Waals surface area contributed by atoms with Crippen molar-refractivity contribution in [3.8, 4) is 0 Å². The summed E-state index contributed by atoms with van der Waals surface area (Å²) in [4.78, 5) is 19.0. The van der Waals surface area contributed by atoms with Crippen molar-refractivity contribution in [1.29, 1.82) is 0 Å². The van der Waals surface area contributed by atoms with E-state index in [2.05, 4.69) is 39.9 Å². The molecule has 0 radical (unpaired) electrons.